The van der Waals surface area contributed by atoms with Crippen LogP contribution in [0.15, 0.2) is 36.7 Å². The van der Waals surface area contributed by atoms with E-state index in [0.29, 0.717) is 6.04 Å². The summed E-state index contributed by atoms with van der Waals surface area (Å²) in [5, 5.41) is 1.38. The van der Waals surface area contributed by atoms with Crippen molar-refractivity contribution in [1.29, 1.82) is 0 Å². The molecular weight excluding hydrogens is 346 g/mol. The number of nitrogens with one attached hydrogen (secondary N) is 1. The van der Waals surface area contributed by atoms with Crippen molar-refractivity contribution in [1.82, 2.24) is 19.9 Å². The Labute approximate surface area is 166 Å². The summed E-state index contributed by atoms with van der Waals surface area (Å²) in [7, 11) is 0. The highest BCUT2D eigenvalue weighted by molar-refractivity contribution is 5.85. The van der Waals surface area contributed by atoms with Crippen molar-refractivity contribution in [3.05, 3.63) is 53.5 Å². The summed E-state index contributed by atoms with van der Waals surface area (Å²) in [6.07, 6.45) is 7.69. The number of fused-ring (bicyclic) bond motifs is 3. The minimum absolute atomic E-state index is 0.374. The van der Waals surface area contributed by atoms with Crippen molar-refractivity contribution in [3.8, 4) is 0 Å². The van der Waals surface area contributed by atoms with Crippen LogP contribution in [0.1, 0.15) is 49.6 Å². The zero-order valence-corrected chi connectivity index (χ0v) is 16.9. The van der Waals surface area contributed by atoms with Crippen LogP contribution in [0.3, 0.4) is 0 Å². The summed E-state index contributed by atoms with van der Waals surface area (Å²) in [5.74, 6) is 1.62. The third-order valence-corrected chi connectivity index (χ3v) is 6.48. The maximum Gasteiger partial charge on any atom is 0.225 e. The zero-order chi connectivity index (χ0) is 19.1. The molecule has 2 aliphatic rings. The quantitative estimate of drug-likeness (QED) is 0.741. The number of aromatic nitrogens is 3. The molecule has 0 radical (unpaired) electrons. The first-order valence-corrected chi connectivity index (χ1v) is 10.6. The van der Waals surface area contributed by atoms with Crippen LogP contribution in [-0.2, 0) is 13.0 Å². The van der Waals surface area contributed by atoms with Crippen LogP contribution in [0.2, 0.25) is 0 Å². The highest BCUT2D eigenvalue weighted by Crippen LogP contribution is 2.34. The Morgan fingerprint density at radius 1 is 1.11 bits per heavy atom. The van der Waals surface area contributed by atoms with Gasteiger partial charge in [0.2, 0.25) is 5.95 Å². The van der Waals surface area contributed by atoms with Crippen LogP contribution in [0, 0.1) is 5.92 Å². The Morgan fingerprint density at radius 3 is 2.75 bits per heavy atom. The summed E-state index contributed by atoms with van der Waals surface area (Å²) < 4.78 is 0. The second-order valence-electron chi connectivity index (χ2n) is 8.54. The van der Waals surface area contributed by atoms with Crippen LogP contribution < -0.4 is 4.90 Å². The summed E-state index contributed by atoms with van der Waals surface area (Å²) >= 11 is 0. The standard InChI is InChI=1S/C23H29N5/c1-16-6-5-10-28(14-16)23-24-12-18(13-25-23)15-27-11-9-20-19-7-3-4-8-21(19)26-22(20)17(27)2/h3-4,7-8,12-13,16-17,26H,5-6,9-11,14-15H2,1-2H3. The van der Waals surface area contributed by atoms with E-state index in [0.717, 1.165) is 44.5 Å². The predicted molar refractivity (Wildman–Crippen MR) is 113 cm³/mol. The molecule has 5 rings (SSSR count). The van der Waals surface area contributed by atoms with Crippen molar-refractivity contribution >= 4 is 16.9 Å². The molecule has 1 N–H and O–H groups in total. The average molecular weight is 376 g/mol. The van der Waals surface area contributed by atoms with E-state index in [-0.39, 0.29) is 0 Å². The Balaban J connectivity index is 1.31. The fraction of sp³-hybridized carbons (Fsp3) is 0.478. The third kappa shape index (κ3) is 3.18. The molecule has 3 aromatic rings. The monoisotopic (exact) mass is 375 g/mol. The number of hydrogen-bond acceptors (Lipinski definition) is 4. The maximum atomic E-state index is 4.69. The number of para-hydroxylation sites is 1. The van der Waals surface area contributed by atoms with Gasteiger partial charge in [-0.05, 0) is 43.7 Å². The Bertz CT molecular complexity index is 961. The van der Waals surface area contributed by atoms with E-state index < -0.39 is 0 Å². The molecule has 1 saturated heterocycles. The molecule has 1 aromatic carbocycles. The van der Waals surface area contributed by atoms with E-state index >= 15 is 0 Å². The Hall–Kier alpha value is -2.40. The smallest absolute Gasteiger partial charge is 0.225 e. The Morgan fingerprint density at radius 2 is 1.93 bits per heavy atom. The maximum absolute atomic E-state index is 4.69. The molecule has 2 unspecified atom stereocenters. The van der Waals surface area contributed by atoms with E-state index in [1.165, 1.54) is 40.6 Å². The number of hydrogen-bond donors (Lipinski definition) is 1. The van der Waals surface area contributed by atoms with Crippen molar-refractivity contribution in [2.24, 2.45) is 5.92 Å². The molecule has 2 aliphatic heterocycles. The SMILES string of the molecule is CC1CCCN(c2ncc(CN3CCc4c([nH]c5ccccc45)C3C)cn2)C1. The van der Waals surface area contributed by atoms with Gasteiger partial charge in [0.1, 0.15) is 0 Å². The van der Waals surface area contributed by atoms with Crippen LogP contribution >= 0.6 is 0 Å². The highest BCUT2D eigenvalue weighted by Gasteiger charge is 2.27. The molecule has 1 fully saturated rings. The van der Waals surface area contributed by atoms with Crippen molar-refractivity contribution in [2.45, 2.75) is 45.7 Å². The first-order valence-electron chi connectivity index (χ1n) is 10.6. The third-order valence-electron chi connectivity index (χ3n) is 6.48. The fourth-order valence-corrected chi connectivity index (χ4v) is 4.89. The molecule has 2 atom stereocenters. The molecule has 0 spiro atoms. The second-order valence-corrected chi connectivity index (χ2v) is 8.54. The normalized spacial score (nSPS) is 23.1. The van der Waals surface area contributed by atoms with Gasteiger partial charge in [-0.1, -0.05) is 25.1 Å². The van der Waals surface area contributed by atoms with E-state index in [2.05, 4.69) is 62.9 Å². The molecule has 0 amide bonds. The molecule has 2 aromatic heterocycles. The van der Waals surface area contributed by atoms with E-state index in [9.17, 15) is 0 Å². The summed E-state index contributed by atoms with van der Waals surface area (Å²) in [4.78, 5) is 17.9. The number of benzene rings is 1. The van der Waals surface area contributed by atoms with Gasteiger partial charge in [-0.2, -0.15) is 0 Å². The lowest BCUT2D eigenvalue weighted by Gasteiger charge is -2.33. The topological polar surface area (TPSA) is 48.1 Å². The first-order chi connectivity index (χ1) is 13.7. The summed E-state index contributed by atoms with van der Waals surface area (Å²) in [5.41, 5.74) is 5.31. The lowest BCUT2D eigenvalue weighted by atomic mass is 9.98. The van der Waals surface area contributed by atoms with Gasteiger partial charge in [-0.25, -0.2) is 9.97 Å². The lowest BCUT2D eigenvalue weighted by molar-refractivity contribution is 0.186. The van der Waals surface area contributed by atoms with E-state index in [1.54, 1.807) is 0 Å². The molecular formula is C23H29N5. The van der Waals surface area contributed by atoms with Gasteiger partial charge in [0.25, 0.3) is 0 Å². The minimum Gasteiger partial charge on any atom is -0.357 e. The summed E-state index contributed by atoms with van der Waals surface area (Å²) in [6, 6.07) is 9.03. The van der Waals surface area contributed by atoms with Gasteiger partial charge < -0.3 is 9.88 Å². The number of aromatic amines is 1. The number of nitrogens with zero attached hydrogens (tertiary/aromatic N) is 4. The zero-order valence-electron chi connectivity index (χ0n) is 16.9. The first kappa shape index (κ1) is 17.7. The van der Waals surface area contributed by atoms with Crippen molar-refractivity contribution < 1.29 is 0 Å². The van der Waals surface area contributed by atoms with Crippen LogP contribution in [0.4, 0.5) is 5.95 Å². The predicted octanol–water partition coefficient (Wildman–Crippen LogP) is 4.31. The van der Waals surface area contributed by atoms with Gasteiger partial charge >= 0.3 is 0 Å². The summed E-state index contributed by atoms with van der Waals surface area (Å²) in [6.45, 7) is 8.74. The van der Waals surface area contributed by atoms with Gasteiger partial charge in [-0.15, -0.1) is 0 Å². The van der Waals surface area contributed by atoms with Crippen LogP contribution in [0.5, 0.6) is 0 Å². The van der Waals surface area contributed by atoms with Gasteiger partial charge in [0.05, 0.1) is 0 Å². The van der Waals surface area contributed by atoms with Crippen molar-refractivity contribution in [3.63, 3.8) is 0 Å². The minimum atomic E-state index is 0.374. The number of rotatable bonds is 3. The van der Waals surface area contributed by atoms with Gasteiger partial charge in [0, 0.05) is 66.8 Å². The molecule has 5 nitrogen and oxygen atoms in total. The molecule has 0 saturated carbocycles. The molecule has 4 heterocycles. The van der Waals surface area contributed by atoms with Gasteiger partial charge in [-0.3, -0.25) is 4.90 Å². The highest BCUT2D eigenvalue weighted by atomic mass is 15.3. The average Bonchev–Trinajstić information content (AvgIpc) is 3.10. The fourth-order valence-electron chi connectivity index (χ4n) is 4.89. The second kappa shape index (κ2) is 7.21. The number of anilines is 1. The van der Waals surface area contributed by atoms with Crippen LogP contribution in [-0.4, -0.2) is 39.5 Å². The molecule has 146 valence electrons. The lowest BCUT2D eigenvalue weighted by Crippen LogP contribution is -2.35. The van der Waals surface area contributed by atoms with Crippen LogP contribution in [0.25, 0.3) is 10.9 Å². The molecule has 5 heteroatoms. The number of H-pyrrole nitrogens is 1. The molecule has 0 aliphatic carbocycles. The largest absolute Gasteiger partial charge is 0.357 e. The number of piperidine rings is 1. The van der Waals surface area contributed by atoms with Crippen molar-refractivity contribution in [2.75, 3.05) is 24.5 Å². The molecule has 28 heavy (non-hydrogen) atoms. The van der Waals surface area contributed by atoms with Gasteiger partial charge in [0.15, 0.2) is 0 Å². The van der Waals surface area contributed by atoms with E-state index in [4.69, 9.17) is 0 Å². The molecule has 0 bridgehead atoms. The Kier molecular flexibility index (Phi) is 4.55. The van der Waals surface area contributed by atoms with E-state index in [1.807, 2.05) is 12.4 Å².